The number of nitrogens with zero attached hydrogens (tertiary/aromatic N) is 4. The molecule has 11 heteroatoms. The van der Waals surface area contributed by atoms with Gasteiger partial charge in [-0.3, -0.25) is 14.3 Å². The molecule has 3 aliphatic rings. The summed E-state index contributed by atoms with van der Waals surface area (Å²) >= 11 is 0. The normalized spacial score (nSPS) is 22.5. The smallest absolute Gasteiger partial charge is 0.271 e. The lowest BCUT2D eigenvalue weighted by Gasteiger charge is -2.28. The van der Waals surface area contributed by atoms with Crippen molar-refractivity contribution in [3.05, 3.63) is 42.2 Å². The fraction of sp³-hybridized carbons (Fsp3) is 0.423. The van der Waals surface area contributed by atoms with Crippen LogP contribution in [0, 0.1) is 5.92 Å². The molecule has 1 saturated carbocycles. The molecule has 11 nitrogen and oxygen atoms in total. The second kappa shape index (κ2) is 9.47. The fourth-order valence-electron chi connectivity index (χ4n) is 5.24. The number of amides is 2. The lowest BCUT2D eigenvalue weighted by Crippen LogP contribution is -2.27. The minimum atomic E-state index is -0.741. The molecule has 6 rings (SSSR count). The standard InChI is InChI=1S/C26H29N7O4/c1-36-24-18(19-9-10-33(32-19)15-11-16-7-8-17(12-15)37-16)3-2-4-20(24)28-21-13-22(29-26(35)14-5-6-14)30-31-23(21)25(27)34/h2-4,9-10,13-17H,5-8,11-12H2,1H3,(H2,27,34)(H2,28,29,30,35)/t15-,16+,17-. The summed E-state index contributed by atoms with van der Waals surface area (Å²) in [5.74, 6) is -0.0599. The molecule has 4 heterocycles. The van der Waals surface area contributed by atoms with Crippen LogP contribution in [0.25, 0.3) is 11.3 Å². The van der Waals surface area contributed by atoms with Crippen molar-refractivity contribution in [3.63, 3.8) is 0 Å². The second-order valence-corrected chi connectivity index (χ2v) is 9.89. The number of rotatable bonds is 8. The van der Waals surface area contributed by atoms with Crippen LogP contribution in [0.15, 0.2) is 36.5 Å². The van der Waals surface area contributed by atoms with Crippen LogP contribution in [0.3, 0.4) is 0 Å². The summed E-state index contributed by atoms with van der Waals surface area (Å²) in [5, 5.41) is 18.7. The van der Waals surface area contributed by atoms with E-state index < -0.39 is 5.91 Å². The van der Waals surface area contributed by atoms with Crippen LogP contribution in [0.5, 0.6) is 5.75 Å². The zero-order chi connectivity index (χ0) is 25.5. The Kier molecular flexibility index (Phi) is 5.99. The first kappa shape index (κ1) is 23.4. The van der Waals surface area contributed by atoms with Gasteiger partial charge >= 0.3 is 0 Å². The summed E-state index contributed by atoms with van der Waals surface area (Å²) < 4.78 is 13.8. The molecule has 0 spiro atoms. The minimum absolute atomic E-state index is 0.00176. The number of primary amides is 1. The maximum atomic E-state index is 12.2. The fourth-order valence-corrected chi connectivity index (χ4v) is 5.24. The highest BCUT2D eigenvalue weighted by Gasteiger charge is 2.36. The summed E-state index contributed by atoms with van der Waals surface area (Å²) in [7, 11) is 1.58. The average Bonchev–Trinajstić information content (AvgIpc) is 3.54. The first-order valence-electron chi connectivity index (χ1n) is 12.6. The molecule has 3 atom stereocenters. The monoisotopic (exact) mass is 503 g/mol. The summed E-state index contributed by atoms with van der Waals surface area (Å²) in [6, 6.07) is 9.48. The van der Waals surface area contributed by atoms with Crippen molar-refractivity contribution < 1.29 is 19.1 Å². The Bertz CT molecular complexity index is 1340. The number of nitrogens with two attached hydrogens (primary N) is 1. The third-order valence-electron chi connectivity index (χ3n) is 7.24. The van der Waals surface area contributed by atoms with Gasteiger partial charge in [-0.1, -0.05) is 6.07 Å². The van der Waals surface area contributed by atoms with Gasteiger partial charge in [0.1, 0.15) is 0 Å². The van der Waals surface area contributed by atoms with E-state index in [0.717, 1.165) is 49.8 Å². The van der Waals surface area contributed by atoms with Gasteiger partial charge in [0, 0.05) is 23.7 Å². The molecule has 37 heavy (non-hydrogen) atoms. The third-order valence-corrected chi connectivity index (χ3v) is 7.24. The van der Waals surface area contributed by atoms with Crippen LogP contribution in [-0.4, -0.2) is 51.1 Å². The molecule has 2 aliphatic heterocycles. The van der Waals surface area contributed by atoms with E-state index in [0.29, 0.717) is 35.4 Å². The molecule has 0 radical (unpaired) electrons. The molecule has 0 unspecified atom stereocenters. The Morgan fingerprint density at radius 3 is 2.57 bits per heavy atom. The maximum Gasteiger partial charge on any atom is 0.271 e. The number of anilines is 3. The SMILES string of the molecule is COc1c(Nc2cc(NC(=O)C3CC3)nnc2C(N)=O)cccc1-c1ccn([C@H]2C[C@H]3CC[C@@H](C2)O3)n1. The van der Waals surface area contributed by atoms with E-state index >= 15 is 0 Å². The quantitative estimate of drug-likeness (QED) is 0.424. The zero-order valence-corrected chi connectivity index (χ0v) is 20.5. The van der Waals surface area contributed by atoms with Crippen molar-refractivity contribution in [2.45, 2.75) is 56.8 Å². The van der Waals surface area contributed by atoms with Crippen LogP contribution in [0.1, 0.15) is 55.1 Å². The van der Waals surface area contributed by atoms with Crippen molar-refractivity contribution in [2.24, 2.45) is 11.7 Å². The number of nitrogens with one attached hydrogen (secondary N) is 2. The highest BCUT2D eigenvalue weighted by Crippen LogP contribution is 2.41. The Morgan fingerprint density at radius 2 is 1.86 bits per heavy atom. The van der Waals surface area contributed by atoms with Gasteiger partial charge in [-0.2, -0.15) is 5.10 Å². The van der Waals surface area contributed by atoms with E-state index in [2.05, 4.69) is 20.8 Å². The number of aromatic nitrogens is 4. The highest BCUT2D eigenvalue weighted by molar-refractivity contribution is 5.99. The van der Waals surface area contributed by atoms with Gasteiger partial charge in [0.05, 0.1) is 42.4 Å². The van der Waals surface area contributed by atoms with Gasteiger partial charge in [-0.05, 0) is 56.7 Å². The van der Waals surface area contributed by atoms with Gasteiger partial charge in [0.15, 0.2) is 17.3 Å². The van der Waals surface area contributed by atoms with Crippen LogP contribution < -0.4 is 21.1 Å². The number of carbonyl (C=O) groups is 2. The number of methoxy groups -OCH3 is 1. The predicted octanol–water partition coefficient (Wildman–Crippen LogP) is 3.42. The van der Waals surface area contributed by atoms with Crippen molar-refractivity contribution >= 4 is 29.0 Å². The molecule has 2 bridgehead atoms. The van der Waals surface area contributed by atoms with Crippen molar-refractivity contribution in [3.8, 4) is 17.0 Å². The minimum Gasteiger partial charge on any atom is -0.494 e. The maximum absolute atomic E-state index is 12.2. The number of carbonyl (C=O) groups excluding carboxylic acids is 2. The molecular weight excluding hydrogens is 474 g/mol. The number of benzene rings is 1. The first-order chi connectivity index (χ1) is 18.0. The highest BCUT2D eigenvalue weighted by atomic mass is 16.5. The molecule has 192 valence electrons. The van der Waals surface area contributed by atoms with Gasteiger partial charge in [0.25, 0.3) is 5.91 Å². The number of ether oxygens (including phenoxy) is 2. The average molecular weight is 504 g/mol. The summed E-state index contributed by atoms with van der Waals surface area (Å²) in [5.41, 5.74) is 7.98. The molecule has 3 aromatic rings. The Balaban J connectivity index is 1.28. The third kappa shape index (κ3) is 4.74. The van der Waals surface area contributed by atoms with Crippen LogP contribution in [0.4, 0.5) is 17.2 Å². The predicted molar refractivity (Wildman–Crippen MR) is 136 cm³/mol. The molecule has 2 saturated heterocycles. The molecule has 4 N–H and O–H groups in total. The molecule has 3 fully saturated rings. The molecular formula is C26H29N7O4. The van der Waals surface area contributed by atoms with Gasteiger partial charge < -0.3 is 25.8 Å². The van der Waals surface area contributed by atoms with Crippen molar-refractivity contribution in [2.75, 3.05) is 17.7 Å². The molecule has 2 aromatic heterocycles. The Labute approximate surface area is 213 Å². The number of hydrogen-bond acceptors (Lipinski definition) is 8. The van der Waals surface area contributed by atoms with Crippen molar-refractivity contribution in [1.82, 2.24) is 20.0 Å². The lowest BCUT2D eigenvalue weighted by atomic mass is 10.0. The Morgan fingerprint density at radius 1 is 1.08 bits per heavy atom. The Hall–Kier alpha value is -3.99. The zero-order valence-electron chi connectivity index (χ0n) is 20.5. The van der Waals surface area contributed by atoms with Crippen LogP contribution >= 0.6 is 0 Å². The summed E-state index contributed by atoms with van der Waals surface area (Å²) in [6.07, 6.45) is 8.58. The van der Waals surface area contributed by atoms with E-state index in [4.69, 9.17) is 20.3 Å². The second-order valence-electron chi connectivity index (χ2n) is 9.89. The van der Waals surface area contributed by atoms with E-state index in [1.165, 1.54) is 0 Å². The molecule has 1 aromatic carbocycles. The van der Waals surface area contributed by atoms with Crippen molar-refractivity contribution in [1.29, 1.82) is 0 Å². The van der Waals surface area contributed by atoms with Gasteiger partial charge in [-0.15, -0.1) is 10.2 Å². The largest absolute Gasteiger partial charge is 0.494 e. The molecule has 2 amide bonds. The van der Waals surface area contributed by atoms with Gasteiger partial charge in [-0.25, -0.2) is 0 Å². The van der Waals surface area contributed by atoms with E-state index in [-0.39, 0.29) is 23.3 Å². The van der Waals surface area contributed by atoms with Crippen LogP contribution in [-0.2, 0) is 9.53 Å². The summed E-state index contributed by atoms with van der Waals surface area (Å²) in [6.45, 7) is 0. The van der Waals surface area contributed by atoms with E-state index in [9.17, 15) is 9.59 Å². The number of para-hydroxylation sites is 1. The van der Waals surface area contributed by atoms with E-state index in [1.54, 1.807) is 13.2 Å². The first-order valence-corrected chi connectivity index (χ1v) is 12.6. The summed E-state index contributed by atoms with van der Waals surface area (Å²) in [4.78, 5) is 24.2. The molecule has 1 aliphatic carbocycles. The number of fused-ring (bicyclic) bond motifs is 2. The van der Waals surface area contributed by atoms with E-state index in [1.807, 2.05) is 35.1 Å². The van der Waals surface area contributed by atoms with Gasteiger partial charge in [0.2, 0.25) is 5.91 Å². The topological polar surface area (TPSA) is 146 Å². The lowest BCUT2D eigenvalue weighted by molar-refractivity contribution is -0.117. The number of hydrogen-bond donors (Lipinski definition) is 3. The van der Waals surface area contributed by atoms with Crippen LogP contribution in [0.2, 0.25) is 0 Å².